The van der Waals surface area contributed by atoms with Crippen molar-refractivity contribution in [3.05, 3.63) is 71.8 Å². The third-order valence-corrected chi connectivity index (χ3v) is 5.27. The largest absolute Gasteiger partial charge is 0.481 e. The van der Waals surface area contributed by atoms with Crippen LogP contribution >= 0.6 is 0 Å². The first-order valence-corrected chi connectivity index (χ1v) is 9.71. The maximum atomic E-state index is 11.2. The van der Waals surface area contributed by atoms with E-state index in [2.05, 4.69) is 47.4 Å². The van der Waals surface area contributed by atoms with Crippen molar-refractivity contribution < 1.29 is 9.90 Å². The standard InChI is InChI=1S/C24H24N2O2/c25-13-4-3-9-20-21-14-16(15-23(27)28)11-12-22(21)26-24(20)19-10-5-7-17-6-1-2-8-18(17)19/h1-2,5-8,10-12,14,26H,3-4,9,13,15,25H2,(H,27,28). The molecule has 0 radical (unpaired) electrons. The Morgan fingerprint density at radius 2 is 1.79 bits per heavy atom. The molecule has 3 aromatic carbocycles. The second-order valence-electron chi connectivity index (χ2n) is 7.20. The predicted molar refractivity (Wildman–Crippen MR) is 115 cm³/mol. The number of unbranched alkanes of at least 4 members (excludes halogenated alkanes) is 1. The number of aliphatic carboxylic acids is 1. The number of aromatic nitrogens is 1. The molecular weight excluding hydrogens is 348 g/mol. The molecule has 0 aliphatic rings. The fraction of sp³-hybridized carbons (Fsp3) is 0.208. The number of rotatable bonds is 7. The van der Waals surface area contributed by atoms with Crippen molar-refractivity contribution in [3.63, 3.8) is 0 Å². The maximum Gasteiger partial charge on any atom is 0.307 e. The molecule has 0 saturated heterocycles. The normalized spacial score (nSPS) is 11.3. The SMILES string of the molecule is NCCCCc1c(-c2cccc3ccccc23)[nH]c2ccc(CC(=O)O)cc12. The predicted octanol–water partition coefficient (Wildman–Crippen LogP) is 4.90. The summed E-state index contributed by atoms with van der Waals surface area (Å²) in [6, 6.07) is 20.7. The zero-order valence-electron chi connectivity index (χ0n) is 15.7. The Hall–Kier alpha value is -3.11. The second-order valence-corrected chi connectivity index (χ2v) is 7.20. The molecule has 4 aromatic rings. The number of carboxylic acids is 1. The third kappa shape index (κ3) is 3.51. The number of benzene rings is 3. The van der Waals surface area contributed by atoms with Gasteiger partial charge in [0.2, 0.25) is 0 Å². The number of hydrogen-bond acceptors (Lipinski definition) is 2. The molecule has 0 atom stereocenters. The minimum Gasteiger partial charge on any atom is -0.481 e. The van der Waals surface area contributed by atoms with Gasteiger partial charge < -0.3 is 15.8 Å². The highest BCUT2D eigenvalue weighted by molar-refractivity contribution is 6.01. The van der Waals surface area contributed by atoms with Gasteiger partial charge >= 0.3 is 5.97 Å². The Bertz CT molecular complexity index is 1140. The van der Waals surface area contributed by atoms with Crippen LogP contribution in [0.25, 0.3) is 32.9 Å². The van der Waals surface area contributed by atoms with Crippen molar-refractivity contribution in [1.82, 2.24) is 4.98 Å². The van der Waals surface area contributed by atoms with Crippen LogP contribution in [0.3, 0.4) is 0 Å². The molecule has 0 aliphatic carbocycles. The number of nitrogens with two attached hydrogens (primary N) is 1. The highest BCUT2D eigenvalue weighted by atomic mass is 16.4. The molecule has 4 heteroatoms. The van der Waals surface area contributed by atoms with Crippen LogP contribution in [0.2, 0.25) is 0 Å². The molecule has 142 valence electrons. The first-order chi connectivity index (χ1) is 13.7. The van der Waals surface area contributed by atoms with Crippen LogP contribution < -0.4 is 5.73 Å². The number of carboxylic acid groups (broad SMARTS) is 1. The Kier molecular flexibility index (Phi) is 5.13. The number of fused-ring (bicyclic) bond motifs is 2. The Labute approximate surface area is 164 Å². The smallest absolute Gasteiger partial charge is 0.307 e. The molecule has 0 spiro atoms. The summed E-state index contributed by atoms with van der Waals surface area (Å²) in [5.41, 5.74) is 11.1. The van der Waals surface area contributed by atoms with E-state index in [0.717, 1.165) is 41.4 Å². The molecule has 4 N–H and O–H groups in total. The van der Waals surface area contributed by atoms with Crippen LogP contribution in [0.4, 0.5) is 0 Å². The van der Waals surface area contributed by atoms with Crippen LogP contribution in [0.15, 0.2) is 60.7 Å². The number of aryl methyl sites for hydroxylation is 1. The van der Waals surface area contributed by atoms with E-state index >= 15 is 0 Å². The molecule has 4 nitrogen and oxygen atoms in total. The summed E-state index contributed by atoms with van der Waals surface area (Å²) in [7, 11) is 0. The third-order valence-electron chi connectivity index (χ3n) is 5.27. The molecule has 1 aromatic heterocycles. The summed E-state index contributed by atoms with van der Waals surface area (Å²) < 4.78 is 0. The van der Waals surface area contributed by atoms with Crippen molar-refractivity contribution >= 4 is 27.6 Å². The van der Waals surface area contributed by atoms with Gasteiger partial charge in [-0.05, 0) is 59.8 Å². The quantitative estimate of drug-likeness (QED) is 0.404. The van der Waals surface area contributed by atoms with Gasteiger partial charge in [-0.25, -0.2) is 0 Å². The number of H-pyrrole nitrogens is 1. The molecule has 0 fully saturated rings. The second kappa shape index (κ2) is 7.87. The molecule has 4 rings (SSSR count). The van der Waals surface area contributed by atoms with Gasteiger partial charge in [-0.1, -0.05) is 48.5 Å². The minimum absolute atomic E-state index is 0.0347. The van der Waals surface area contributed by atoms with E-state index in [1.165, 1.54) is 21.9 Å². The lowest BCUT2D eigenvalue weighted by atomic mass is 9.96. The first kappa shape index (κ1) is 18.3. The van der Waals surface area contributed by atoms with Crippen molar-refractivity contribution in [1.29, 1.82) is 0 Å². The van der Waals surface area contributed by atoms with Gasteiger partial charge in [-0.2, -0.15) is 0 Å². The first-order valence-electron chi connectivity index (χ1n) is 9.71. The van der Waals surface area contributed by atoms with Gasteiger partial charge in [-0.3, -0.25) is 4.79 Å². The van der Waals surface area contributed by atoms with E-state index in [4.69, 9.17) is 10.8 Å². The van der Waals surface area contributed by atoms with Gasteiger partial charge in [0.05, 0.1) is 12.1 Å². The Balaban J connectivity index is 1.90. The molecular formula is C24H24N2O2. The average Bonchev–Trinajstić information content (AvgIpc) is 3.05. The summed E-state index contributed by atoms with van der Waals surface area (Å²) in [4.78, 5) is 14.8. The van der Waals surface area contributed by atoms with Crippen molar-refractivity contribution in [2.24, 2.45) is 5.73 Å². The Morgan fingerprint density at radius 3 is 2.61 bits per heavy atom. The van der Waals surface area contributed by atoms with Gasteiger partial charge in [0.1, 0.15) is 0 Å². The van der Waals surface area contributed by atoms with Gasteiger partial charge in [0, 0.05) is 16.5 Å². The lowest BCUT2D eigenvalue weighted by Crippen LogP contribution is -2.00. The van der Waals surface area contributed by atoms with Crippen LogP contribution in [-0.2, 0) is 17.6 Å². The lowest BCUT2D eigenvalue weighted by Gasteiger charge is -2.09. The molecule has 1 heterocycles. The van der Waals surface area contributed by atoms with Crippen LogP contribution in [0.5, 0.6) is 0 Å². The van der Waals surface area contributed by atoms with Crippen molar-refractivity contribution in [3.8, 4) is 11.3 Å². The van der Waals surface area contributed by atoms with E-state index in [1.54, 1.807) is 0 Å². The van der Waals surface area contributed by atoms with Gasteiger partial charge in [0.15, 0.2) is 0 Å². The lowest BCUT2D eigenvalue weighted by molar-refractivity contribution is -0.136. The molecule has 0 amide bonds. The number of nitrogens with one attached hydrogen (secondary N) is 1. The topological polar surface area (TPSA) is 79.1 Å². The summed E-state index contributed by atoms with van der Waals surface area (Å²) in [6.45, 7) is 0.677. The molecule has 0 bridgehead atoms. The van der Waals surface area contributed by atoms with E-state index < -0.39 is 5.97 Å². The van der Waals surface area contributed by atoms with Crippen LogP contribution in [-0.4, -0.2) is 22.6 Å². The monoisotopic (exact) mass is 372 g/mol. The summed E-state index contributed by atoms with van der Waals surface area (Å²) in [6.07, 6.45) is 2.92. The van der Waals surface area contributed by atoms with E-state index in [9.17, 15) is 4.79 Å². The van der Waals surface area contributed by atoms with Gasteiger partial charge in [0.25, 0.3) is 0 Å². The zero-order chi connectivity index (χ0) is 19.5. The highest BCUT2D eigenvalue weighted by Crippen LogP contribution is 2.36. The van der Waals surface area contributed by atoms with Crippen molar-refractivity contribution in [2.75, 3.05) is 6.54 Å². The number of aromatic amines is 1. The highest BCUT2D eigenvalue weighted by Gasteiger charge is 2.16. The van der Waals surface area contributed by atoms with Gasteiger partial charge in [-0.15, -0.1) is 0 Å². The van der Waals surface area contributed by atoms with E-state index in [1.807, 2.05) is 18.2 Å². The fourth-order valence-electron chi connectivity index (χ4n) is 3.96. The molecule has 0 aliphatic heterocycles. The Morgan fingerprint density at radius 1 is 0.964 bits per heavy atom. The zero-order valence-corrected chi connectivity index (χ0v) is 15.7. The average molecular weight is 372 g/mol. The molecule has 0 unspecified atom stereocenters. The summed E-state index contributed by atoms with van der Waals surface area (Å²) in [5, 5.41) is 12.7. The summed E-state index contributed by atoms with van der Waals surface area (Å²) >= 11 is 0. The minimum atomic E-state index is -0.811. The van der Waals surface area contributed by atoms with Crippen LogP contribution in [0, 0.1) is 0 Å². The van der Waals surface area contributed by atoms with E-state index in [-0.39, 0.29) is 6.42 Å². The maximum absolute atomic E-state index is 11.2. The molecule has 0 saturated carbocycles. The number of carbonyl (C=O) groups is 1. The van der Waals surface area contributed by atoms with Crippen molar-refractivity contribution in [2.45, 2.75) is 25.7 Å². The van der Waals surface area contributed by atoms with E-state index in [0.29, 0.717) is 6.54 Å². The fourth-order valence-corrected chi connectivity index (χ4v) is 3.96. The number of hydrogen-bond donors (Lipinski definition) is 3. The summed E-state index contributed by atoms with van der Waals surface area (Å²) in [5.74, 6) is -0.811. The molecule has 28 heavy (non-hydrogen) atoms. The van der Waals surface area contributed by atoms with Crippen LogP contribution in [0.1, 0.15) is 24.0 Å².